The van der Waals surface area contributed by atoms with Crippen molar-refractivity contribution >= 4 is 11.8 Å². The molecule has 1 unspecified atom stereocenters. The minimum atomic E-state index is -0.522. The second-order valence-electron chi connectivity index (χ2n) is 2.74. The summed E-state index contributed by atoms with van der Waals surface area (Å²) in [6.07, 6.45) is 0.567. The number of hydrogen-bond acceptors (Lipinski definition) is 4. The largest absolute Gasteiger partial charge is 0.465 e. The molecular formula is C8H13NO3. The molecule has 4 nitrogen and oxygen atoms in total. The highest BCUT2D eigenvalue weighted by Gasteiger charge is 2.29. The Kier molecular flexibility index (Phi) is 3.22. The maximum Gasteiger partial charge on any atom is 0.316 e. The minimum Gasteiger partial charge on any atom is -0.465 e. The van der Waals surface area contributed by atoms with Crippen LogP contribution >= 0.6 is 0 Å². The Hall–Kier alpha value is -0.900. The average Bonchev–Trinajstić information content (AvgIpc) is 2.05. The van der Waals surface area contributed by atoms with E-state index in [0.717, 1.165) is 6.54 Å². The first kappa shape index (κ1) is 9.19. The number of ether oxygens (including phenoxy) is 1. The normalized spacial score (nSPS) is 23.8. The van der Waals surface area contributed by atoms with Gasteiger partial charge >= 0.3 is 5.97 Å². The standard InChI is InChI=1S/C8H13NO3/c1-2-12-8(11)6-3-4-9-5-7(6)10/h6,9H,2-5H2,1H3. The summed E-state index contributed by atoms with van der Waals surface area (Å²) < 4.78 is 4.76. The molecule has 0 saturated carbocycles. The monoisotopic (exact) mass is 171 g/mol. The molecule has 4 heteroatoms. The highest BCUT2D eigenvalue weighted by Crippen LogP contribution is 2.09. The summed E-state index contributed by atoms with van der Waals surface area (Å²) in [5, 5.41) is 2.90. The molecule has 0 aromatic carbocycles. The van der Waals surface area contributed by atoms with E-state index < -0.39 is 5.92 Å². The van der Waals surface area contributed by atoms with Gasteiger partial charge in [-0.2, -0.15) is 0 Å². The zero-order valence-corrected chi connectivity index (χ0v) is 7.13. The minimum absolute atomic E-state index is 0.0558. The van der Waals surface area contributed by atoms with Crippen molar-refractivity contribution in [1.82, 2.24) is 5.32 Å². The van der Waals surface area contributed by atoms with Gasteiger partial charge in [0.2, 0.25) is 0 Å². The van der Waals surface area contributed by atoms with E-state index in [1.54, 1.807) is 6.92 Å². The molecule has 1 aliphatic heterocycles. The average molecular weight is 171 g/mol. The van der Waals surface area contributed by atoms with Crippen LogP contribution in [0.5, 0.6) is 0 Å². The molecule has 0 aromatic rings. The Balaban J connectivity index is 2.48. The van der Waals surface area contributed by atoms with Crippen LogP contribution in [0.3, 0.4) is 0 Å². The van der Waals surface area contributed by atoms with Gasteiger partial charge in [-0.15, -0.1) is 0 Å². The Labute approximate surface area is 71.3 Å². The fraction of sp³-hybridized carbons (Fsp3) is 0.750. The van der Waals surface area contributed by atoms with E-state index >= 15 is 0 Å². The summed E-state index contributed by atoms with van der Waals surface area (Å²) in [4.78, 5) is 22.3. The van der Waals surface area contributed by atoms with Crippen molar-refractivity contribution in [2.24, 2.45) is 5.92 Å². The molecule has 1 aliphatic rings. The van der Waals surface area contributed by atoms with Crippen molar-refractivity contribution in [3.63, 3.8) is 0 Å². The summed E-state index contributed by atoms with van der Waals surface area (Å²) in [5.41, 5.74) is 0. The van der Waals surface area contributed by atoms with Crippen LogP contribution in [0.1, 0.15) is 13.3 Å². The second kappa shape index (κ2) is 4.21. The molecule has 12 heavy (non-hydrogen) atoms. The van der Waals surface area contributed by atoms with Crippen LogP contribution in [0.15, 0.2) is 0 Å². The molecule has 1 rings (SSSR count). The van der Waals surface area contributed by atoms with Gasteiger partial charge in [0, 0.05) is 0 Å². The number of Topliss-reactive ketones (excluding diaryl/α,β-unsaturated/α-hetero) is 1. The first-order chi connectivity index (χ1) is 5.75. The Morgan fingerprint density at radius 3 is 3.08 bits per heavy atom. The maximum atomic E-state index is 11.1. The fourth-order valence-electron chi connectivity index (χ4n) is 1.23. The number of esters is 1. The lowest BCUT2D eigenvalue weighted by Gasteiger charge is -2.19. The Bertz CT molecular complexity index is 191. The first-order valence-corrected chi connectivity index (χ1v) is 4.15. The number of rotatable bonds is 2. The molecule has 0 radical (unpaired) electrons. The zero-order chi connectivity index (χ0) is 8.97. The summed E-state index contributed by atoms with van der Waals surface area (Å²) in [6.45, 7) is 3.10. The van der Waals surface area contributed by atoms with Gasteiger partial charge in [0.1, 0.15) is 5.92 Å². The van der Waals surface area contributed by atoms with Gasteiger partial charge in [0.05, 0.1) is 13.2 Å². The third kappa shape index (κ3) is 2.04. The molecule has 0 aliphatic carbocycles. The van der Waals surface area contributed by atoms with Crippen LogP contribution in [0, 0.1) is 5.92 Å². The van der Waals surface area contributed by atoms with Crippen LogP contribution in [0.2, 0.25) is 0 Å². The topological polar surface area (TPSA) is 55.4 Å². The lowest BCUT2D eigenvalue weighted by atomic mass is 9.97. The van der Waals surface area contributed by atoms with Gasteiger partial charge in [-0.05, 0) is 19.9 Å². The highest BCUT2D eigenvalue weighted by atomic mass is 16.5. The van der Waals surface area contributed by atoms with Gasteiger partial charge in [-0.1, -0.05) is 0 Å². The highest BCUT2D eigenvalue weighted by molar-refractivity contribution is 6.00. The molecule has 1 atom stereocenters. The predicted octanol–water partition coefficient (Wildman–Crippen LogP) is -0.272. The van der Waals surface area contributed by atoms with E-state index in [4.69, 9.17) is 4.74 Å². The number of carbonyl (C=O) groups is 2. The number of piperidine rings is 1. The zero-order valence-electron chi connectivity index (χ0n) is 7.13. The van der Waals surface area contributed by atoms with Gasteiger partial charge in [0.15, 0.2) is 5.78 Å². The second-order valence-corrected chi connectivity index (χ2v) is 2.74. The van der Waals surface area contributed by atoms with Gasteiger partial charge in [-0.3, -0.25) is 9.59 Å². The smallest absolute Gasteiger partial charge is 0.316 e. The van der Waals surface area contributed by atoms with E-state index in [2.05, 4.69) is 5.32 Å². The van der Waals surface area contributed by atoms with Gasteiger partial charge in [0.25, 0.3) is 0 Å². The molecule has 0 aromatic heterocycles. The van der Waals surface area contributed by atoms with Gasteiger partial charge in [-0.25, -0.2) is 0 Å². The number of hydrogen-bond donors (Lipinski definition) is 1. The van der Waals surface area contributed by atoms with Crippen molar-refractivity contribution in [2.45, 2.75) is 13.3 Å². The number of carbonyl (C=O) groups excluding carboxylic acids is 2. The SMILES string of the molecule is CCOC(=O)C1CCNCC1=O. The van der Waals surface area contributed by atoms with E-state index in [1.807, 2.05) is 0 Å². The molecule has 68 valence electrons. The summed E-state index contributed by atoms with van der Waals surface area (Å²) in [7, 11) is 0. The number of ketones is 1. The third-order valence-electron chi connectivity index (χ3n) is 1.87. The molecule has 1 N–H and O–H groups in total. The maximum absolute atomic E-state index is 11.1. The molecule has 0 bridgehead atoms. The lowest BCUT2D eigenvalue weighted by molar-refractivity contribution is -0.152. The molecular weight excluding hydrogens is 158 g/mol. The van der Waals surface area contributed by atoms with Crippen molar-refractivity contribution in [2.75, 3.05) is 19.7 Å². The van der Waals surface area contributed by atoms with Crippen LogP contribution in [0.4, 0.5) is 0 Å². The van der Waals surface area contributed by atoms with Crippen LogP contribution in [0.25, 0.3) is 0 Å². The van der Waals surface area contributed by atoms with Gasteiger partial charge < -0.3 is 10.1 Å². The van der Waals surface area contributed by atoms with Crippen molar-refractivity contribution in [3.8, 4) is 0 Å². The van der Waals surface area contributed by atoms with Crippen LogP contribution < -0.4 is 5.32 Å². The van der Waals surface area contributed by atoms with Crippen LogP contribution in [-0.2, 0) is 14.3 Å². The molecule has 1 heterocycles. The van der Waals surface area contributed by atoms with Crippen molar-refractivity contribution in [3.05, 3.63) is 0 Å². The first-order valence-electron chi connectivity index (χ1n) is 4.15. The molecule has 0 amide bonds. The third-order valence-corrected chi connectivity index (χ3v) is 1.87. The fourth-order valence-corrected chi connectivity index (χ4v) is 1.23. The number of nitrogens with one attached hydrogen (secondary N) is 1. The quantitative estimate of drug-likeness (QED) is 0.459. The van der Waals surface area contributed by atoms with E-state index in [1.165, 1.54) is 0 Å². The Morgan fingerprint density at radius 1 is 1.75 bits per heavy atom. The predicted molar refractivity (Wildman–Crippen MR) is 42.6 cm³/mol. The van der Waals surface area contributed by atoms with E-state index in [-0.39, 0.29) is 11.8 Å². The van der Waals surface area contributed by atoms with E-state index in [9.17, 15) is 9.59 Å². The lowest BCUT2D eigenvalue weighted by Crippen LogP contribution is -2.41. The summed E-state index contributed by atoms with van der Waals surface area (Å²) in [5.74, 6) is -0.949. The van der Waals surface area contributed by atoms with Crippen LogP contribution in [-0.4, -0.2) is 31.4 Å². The van der Waals surface area contributed by atoms with Crippen molar-refractivity contribution in [1.29, 1.82) is 0 Å². The summed E-state index contributed by atoms with van der Waals surface area (Å²) >= 11 is 0. The molecule has 1 fully saturated rings. The van der Waals surface area contributed by atoms with Crippen molar-refractivity contribution < 1.29 is 14.3 Å². The van der Waals surface area contributed by atoms with E-state index in [0.29, 0.717) is 19.6 Å². The summed E-state index contributed by atoms with van der Waals surface area (Å²) in [6, 6.07) is 0. The Morgan fingerprint density at radius 2 is 2.50 bits per heavy atom. The molecule has 0 spiro atoms. The molecule has 1 saturated heterocycles.